The molecule has 16 heavy (non-hydrogen) atoms. The maximum absolute atomic E-state index is 11.5. The summed E-state index contributed by atoms with van der Waals surface area (Å²) >= 11 is 0. The fraction of sp³-hybridized carbons (Fsp3) is 0.889. The van der Waals surface area contributed by atoms with E-state index in [4.69, 9.17) is 14.5 Å². The van der Waals surface area contributed by atoms with E-state index in [1.807, 2.05) is 18.9 Å². The van der Waals surface area contributed by atoms with E-state index in [9.17, 15) is 9.36 Å². The topological polar surface area (TPSA) is 95.9 Å². The minimum Gasteiger partial charge on any atom is -0.464 e. The molecule has 3 N–H and O–H groups in total. The van der Waals surface area contributed by atoms with Gasteiger partial charge in [-0.05, 0) is 11.8 Å². The number of ether oxygens (including phenoxy) is 1. The Morgan fingerprint density at radius 3 is 2.12 bits per heavy atom. The summed E-state index contributed by atoms with van der Waals surface area (Å²) in [7, 11) is -4.43. The molecule has 0 aliphatic carbocycles. The molecule has 1 atom stereocenters. The second-order valence-corrected chi connectivity index (χ2v) is 5.76. The number of carbonyl (C=O) groups excluding carboxylic acids is 1. The highest BCUT2D eigenvalue weighted by Crippen LogP contribution is 2.30. The van der Waals surface area contributed by atoms with Crippen LogP contribution in [0.2, 0.25) is 0 Å². The molecule has 0 bridgehead atoms. The van der Waals surface area contributed by atoms with Crippen molar-refractivity contribution in [1.82, 2.24) is 5.09 Å². The summed E-state index contributed by atoms with van der Waals surface area (Å²) in [6, 6.07) is -0.986. The average molecular weight is 253 g/mol. The second-order valence-electron chi connectivity index (χ2n) is 4.42. The quantitative estimate of drug-likeness (QED) is 0.480. The maximum atomic E-state index is 11.5. The van der Waals surface area contributed by atoms with Gasteiger partial charge in [-0.15, -0.1) is 0 Å². The van der Waals surface area contributed by atoms with Crippen molar-refractivity contribution < 1.29 is 23.9 Å². The molecule has 7 heteroatoms. The third kappa shape index (κ3) is 6.95. The van der Waals surface area contributed by atoms with Crippen LogP contribution in [0, 0.1) is 11.8 Å². The Bertz CT molecular complexity index is 273. The minimum absolute atomic E-state index is 0.187. The molecule has 0 aromatic rings. The van der Waals surface area contributed by atoms with Crippen LogP contribution in [0.15, 0.2) is 0 Å². The first kappa shape index (κ1) is 15.6. The maximum Gasteiger partial charge on any atom is 0.401 e. The van der Waals surface area contributed by atoms with Gasteiger partial charge in [0.2, 0.25) is 0 Å². The first-order chi connectivity index (χ1) is 7.13. The standard InChI is InChI=1S/C9H20NO5P/c1-6(2)5-15-9(11)8(7(3)4)10-16(12,13)14/h6-8H,5H2,1-4H3,(H3,10,12,13,14)/t8-/m0/s1. The van der Waals surface area contributed by atoms with Gasteiger partial charge >= 0.3 is 13.7 Å². The van der Waals surface area contributed by atoms with Crippen molar-refractivity contribution in [2.24, 2.45) is 11.8 Å². The summed E-state index contributed by atoms with van der Waals surface area (Å²) in [5, 5.41) is 1.97. The lowest BCUT2D eigenvalue weighted by molar-refractivity contribution is -0.148. The molecule has 0 saturated heterocycles. The SMILES string of the molecule is CC(C)COC(=O)[C@@H](NP(=O)(O)O)C(C)C. The van der Waals surface area contributed by atoms with E-state index in [0.29, 0.717) is 0 Å². The van der Waals surface area contributed by atoms with Crippen molar-refractivity contribution >= 4 is 13.7 Å². The lowest BCUT2D eigenvalue weighted by atomic mass is 10.1. The first-order valence-corrected chi connectivity index (χ1v) is 6.74. The Kier molecular flexibility index (Phi) is 6.18. The van der Waals surface area contributed by atoms with E-state index in [-0.39, 0.29) is 18.4 Å². The van der Waals surface area contributed by atoms with E-state index in [1.54, 1.807) is 13.8 Å². The third-order valence-corrected chi connectivity index (χ3v) is 2.40. The minimum atomic E-state index is -4.43. The Balaban J connectivity index is 4.43. The molecular formula is C9H20NO5P. The summed E-state index contributed by atoms with van der Waals surface area (Å²) in [5.41, 5.74) is 0. The normalized spacial score (nSPS) is 14.2. The molecule has 0 heterocycles. The van der Waals surface area contributed by atoms with Crippen molar-refractivity contribution in [1.29, 1.82) is 0 Å². The lowest BCUT2D eigenvalue weighted by Gasteiger charge is -2.21. The number of rotatable bonds is 6. The molecule has 0 aliphatic heterocycles. The molecule has 0 radical (unpaired) electrons. The van der Waals surface area contributed by atoms with Gasteiger partial charge in [-0.2, -0.15) is 0 Å². The highest BCUT2D eigenvalue weighted by molar-refractivity contribution is 7.49. The lowest BCUT2D eigenvalue weighted by Crippen LogP contribution is -2.40. The van der Waals surface area contributed by atoms with Crippen molar-refractivity contribution in [3.63, 3.8) is 0 Å². The largest absolute Gasteiger partial charge is 0.464 e. The Morgan fingerprint density at radius 1 is 1.31 bits per heavy atom. The van der Waals surface area contributed by atoms with Gasteiger partial charge < -0.3 is 14.5 Å². The zero-order valence-corrected chi connectivity index (χ0v) is 10.9. The molecule has 6 nitrogen and oxygen atoms in total. The van der Waals surface area contributed by atoms with Crippen LogP contribution in [0.3, 0.4) is 0 Å². The monoisotopic (exact) mass is 253 g/mol. The van der Waals surface area contributed by atoms with Gasteiger partial charge in [0, 0.05) is 0 Å². The van der Waals surface area contributed by atoms with Crippen LogP contribution >= 0.6 is 7.75 Å². The molecule has 96 valence electrons. The van der Waals surface area contributed by atoms with E-state index < -0.39 is 19.8 Å². The summed E-state index contributed by atoms with van der Waals surface area (Å²) in [5.74, 6) is -0.703. The van der Waals surface area contributed by atoms with Crippen LogP contribution in [0.1, 0.15) is 27.7 Å². The molecule has 0 saturated carbocycles. The summed E-state index contributed by atoms with van der Waals surface area (Å²) in [6.45, 7) is 7.38. The Hall–Kier alpha value is -0.420. The van der Waals surface area contributed by atoms with Gasteiger partial charge in [-0.3, -0.25) is 4.79 Å². The molecule has 0 amide bonds. The molecule has 0 aromatic heterocycles. The van der Waals surface area contributed by atoms with Crippen LogP contribution in [0.4, 0.5) is 0 Å². The Morgan fingerprint density at radius 2 is 1.81 bits per heavy atom. The molecule has 0 aliphatic rings. The van der Waals surface area contributed by atoms with E-state index in [0.717, 1.165) is 0 Å². The Labute approximate surface area is 95.6 Å². The van der Waals surface area contributed by atoms with Crippen LogP contribution in [-0.2, 0) is 14.1 Å². The third-order valence-electron chi connectivity index (χ3n) is 1.79. The summed E-state index contributed by atoms with van der Waals surface area (Å²) in [4.78, 5) is 29.0. The summed E-state index contributed by atoms with van der Waals surface area (Å²) < 4.78 is 15.7. The van der Waals surface area contributed by atoms with E-state index in [1.165, 1.54) is 0 Å². The van der Waals surface area contributed by atoms with Crippen molar-refractivity contribution in [3.05, 3.63) is 0 Å². The molecule has 0 rings (SSSR count). The zero-order chi connectivity index (χ0) is 12.9. The molecule has 0 fully saturated rings. The molecular weight excluding hydrogens is 233 g/mol. The van der Waals surface area contributed by atoms with E-state index >= 15 is 0 Å². The van der Waals surface area contributed by atoms with Gasteiger partial charge in [0.1, 0.15) is 6.04 Å². The molecule has 0 aromatic carbocycles. The van der Waals surface area contributed by atoms with Crippen LogP contribution < -0.4 is 5.09 Å². The first-order valence-electron chi connectivity index (χ1n) is 5.13. The highest BCUT2D eigenvalue weighted by atomic mass is 31.2. The van der Waals surface area contributed by atoms with Crippen molar-refractivity contribution in [2.75, 3.05) is 6.61 Å². The van der Waals surface area contributed by atoms with Crippen molar-refractivity contribution in [2.45, 2.75) is 33.7 Å². The highest BCUT2D eigenvalue weighted by Gasteiger charge is 2.30. The predicted molar refractivity (Wildman–Crippen MR) is 59.6 cm³/mol. The van der Waals surface area contributed by atoms with E-state index in [2.05, 4.69) is 0 Å². The zero-order valence-electron chi connectivity index (χ0n) is 10.0. The number of carbonyl (C=O) groups is 1. The molecule has 0 spiro atoms. The smallest absolute Gasteiger partial charge is 0.401 e. The van der Waals surface area contributed by atoms with Crippen molar-refractivity contribution in [3.8, 4) is 0 Å². The van der Waals surface area contributed by atoms with Crippen LogP contribution in [0.25, 0.3) is 0 Å². The fourth-order valence-electron chi connectivity index (χ4n) is 0.994. The van der Waals surface area contributed by atoms with Gasteiger partial charge in [-0.25, -0.2) is 9.65 Å². The second kappa shape index (κ2) is 6.35. The number of esters is 1. The van der Waals surface area contributed by atoms with Gasteiger partial charge in [0.15, 0.2) is 0 Å². The number of hydrogen-bond acceptors (Lipinski definition) is 3. The van der Waals surface area contributed by atoms with Gasteiger partial charge in [0.05, 0.1) is 6.61 Å². The molecule has 0 unspecified atom stereocenters. The average Bonchev–Trinajstić information content (AvgIpc) is 2.08. The number of hydrogen-bond donors (Lipinski definition) is 3. The fourth-order valence-corrected chi connectivity index (χ4v) is 1.76. The predicted octanol–water partition coefficient (Wildman–Crippen LogP) is 0.893. The van der Waals surface area contributed by atoms with Crippen LogP contribution in [0.5, 0.6) is 0 Å². The van der Waals surface area contributed by atoms with Gasteiger partial charge in [0.25, 0.3) is 0 Å². The van der Waals surface area contributed by atoms with Gasteiger partial charge in [-0.1, -0.05) is 27.7 Å². The van der Waals surface area contributed by atoms with Crippen LogP contribution in [-0.4, -0.2) is 28.4 Å². The number of nitrogens with one attached hydrogen (secondary N) is 1. The summed E-state index contributed by atoms with van der Waals surface area (Å²) in [6.07, 6.45) is 0.